The molecule has 0 aliphatic carbocycles. The van der Waals surface area contributed by atoms with E-state index < -0.39 is 0 Å². The Kier molecular flexibility index (Phi) is 3.73. The summed E-state index contributed by atoms with van der Waals surface area (Å²) < 4.78 is 0. The van der Waals surface area contributed by atoms with Crippen molar-refractivity contribution in [1.82, 2.24) is 10.2 Å². The highest BCUT2D eigenvalue weighted by Crippen LogP contribution is 2.37. The number of hydrogen-bond acceptors (Lipinski definition) is 3. The predicted molar refractivity (Wildman–Crippen MR) is 66.6 cm³/mol. The molecule has 2 fully saturated rings. The first-order valence-corrected chi connectivity index (χ1v) is 6.75. The fourth-order valence-electron chi connectivity index (χ4n) is 3.36. The Morgan fingerprint density at radius 2 is 1.76 bits per heavy atom. The Morgan fingerprint density at radius 1 is 1.24 bits per heavy atom. The lowest BCUT2D eigenvalue weighted by Gasteiger charge is -2.40. The third-order valence-corrected chi connectivity index (χ3v) is 4.02. The fourth-order valence-corrected chi connectivity index (χ4v) is 3.36. The molecule has 0 aromatic rings. The molecule has 2 rings (SSSR count). The number of amides is 1. The topological polar surface area (TPSA) is 52.6 Å². The van der Waals surface area contributed by atoms with Crippen LogP contribution in [0.5, 0.6) is 0 Å². The van der Waals surface area contributed by atoms with Gasteiger partial charge in [0.1, 0.15) is 0 Å². The highest BCUT2D eigenvalue weighted by Gasteiger charge is 2.43. The molecule has 17 heavy (non-hydrogen) atoms. The molecule has 0 aromatic carbocycles. The van der Waals surface area contributed by atoms with Crippen LogP contribution in [-0.4, -0.2) is 46.2 Å². The fraction of sp³-hybridized carbons (Fsp3) is 0.923. The highest BCUT2D eigenvalue weighted by atomic mass is 16.3. The van der Waals surface area contributed by atoms with Crippen molar-refractivity contribution in [1.29, 1.82) is 0 Å². The lowest BCUT2D eigenvalue weighted by molar-refractivity contribution is -0.129. The second kappa shape index (κ2) is 4.94. The molecule has 98 valence electrons. The van der Waals surface area contributed by atoms with Crippen LogP contribution in [0.3, 0.4) is 0 Å². The van der Waals surface area contributed by atoms with Gasteiger partial charge in [-0.15, -0.1) is 0 Å². The molecule has 2 N–H and O–H groups in total. The van der Waals surface area contributed by atoms with Gasteiger partial charge in [0.05, 0.1) is 12.1 Å². The third-order valence-electron chi connectivity index (χ3n) is 4.02. The van der Waals surface area contributed by atoms with Gasteiger partial charge in [0.2, 0.25) is 5.91 Å². The van der Waals surface area contributed by atoms with E-state index in [1.54, 1.807) is 0 Å². The van der Waals surface area contributed by atoms with E-state index in [2.05, 4.69) is 10.2 Å². The zero-order chi connectivity index (χ0) is 12.6. The summed E-state index contributed by atoms with van der Waals surface area (Å²) in [7, 11) is 0. The number of rotatable bonds is 3. The van der Waals surface area contributed by atoms with Gasteiger partial charge < -0.3 is 10.4 Å². The molecule has 2 heterocycles. The molecular weight excluding hydrogens is 216 g/mol. The lowest BCUT2D eigenvalue weighted by atomic mass is 9.97. The molecule has 0 saturated carbocycles. The normalized spacial score (nSPS) is 35.0. The van der Waals surface area contributed by atoms with Gasteiger partial charge in [0.15, 0.2) is 0 Å². The maximum absolute atomic E-state index is 12.0. The number of piperidine rings is 1. The van der Waals surface area contributed by atoms with Crippen LogP contribution in [0.15, 0.2) is 0 Å². The van der Waals surface area contributed by atoms with Gasteiger partial charge in [-0.2, -0.15) is 0 Å². The molecule has 2 bridgehead atoms. The Balaban J connectivity index is 2.00. The minimum absolute atomic E-state index is 0.0672. The third kappa shape index (κ3) is 2.63. The zero-order valence-electron chi connectivity index (χ0n) is 11.0. The van der Waals surface area contributed by atoms with E-state index in [1.165, 1.54) is 0 Å². The molecule has 0 radical (unpaired) electrons. The molecule has 4 heteroatoms. The Labute approximate surface area is 103 Å². The first kappa shape index (κ1) is 12.8. The van der Waals surface area contributed by atoms with E-state index in [-0.39, 0.29) is 24.1 Å². The summed E-state index contributed by atoms with van der Waals surface area (Å²) in [5.41, 5.74) is 0. The van der Waals surface area contributed by atoms with E-state index >= 15 is 0 Å². The van der Waals surface area contributed by atoms with E-state index in [0.717, 1.165) is 25.7 Å². The second-order valence-electron chi connectivity index (χ2n) is 5.80. The van der Waals surface area contributed by atoms with E-state index in [9.17, 15) is 9.90 Å². The number of aliphatic hydroxyl groups is 1. The van der Waals surface area contributed by atoms with Crippen molar-refractivity contribution in [3.05, 3.63) is 0 Å². The van der Waals surface area contributed by atoms with E-state index in [1.807, 2.05) is 20.8 Å². The number of nitrogens with one attached hydrogen (secondary N) is 1. The molecule has 0 aromatic heterocycles. The second-order valence-corrected chi connectivity index (χ2v) is 5.80. The van der Waals surface area contributed by atoms with Gasteiger partial charge >= 0.3 is 0 Å². The Morgan fingerprint density at radius 3 is 2.24 bits per heavy atom. The summed E-state index contributed by atoms with van der Waals surface area (Å²) in [5, 5.41) is 12.7. The van der Waals surface area contributed by atoms with Crippen molar-refractivity contribution < 1.29 is 9.90 Å². The Bertz CT molecular complexity index is 279. The van der Waals surface area contributed by atoms with Crippen LogP contribution in [0.25, 0.3) is 0 Å². The molecular formula is C13H24N2O2. The molecule has 2 aliphatic heterocycles. The smallest absolute Gasteiger partial charge is 0.237 e. The van der Waals surface area contributed by atoms with Gasteiger partial charge in [0, 0.05) is 18.1 Å². The predicted octanol–water partition coefficient (Wildman–Crippen LogP) is 0.887. The van der Waals surface area contributed by atoms with Crippen LogP contribution >= 0.6 is 0 Å². The summed E-state index contributed by atoms with van der Waals surface area (Å²) >= 11 is 0. The van der Waals surface area contributed by atoms with Crippen LogP contribution in [0, 0.1) is 0 Å². The maximum atomic E-state index is 12.0. The monoisotopic (exact) mass is 240 g/mol. The average molecular weight is 240 g/mol. The molecule has 3 atom stereocenters. The van der Waals surface area contributed by atoms with Gasteiger partial charge in [-0.25, -0.2) is 0 Å². The first-order chi connectivity index (χ1) is 7.99. The summed E-state index contributed by atoms with van der Waals surface area (Å²) in [6, 6.07) is 0.925. The number of nitrogens with zero attached hydrogens (tertiary/aromatic N) is 1. The number of aliphatic hydroxyl groups excluding tert-OH is 1. The van der Waals surface area contributed by atoms with Crippen molar-refractivity contribution in [2.75, 3.05) is 0 Å². The minimum Gasteiger partial charge on any atom is -0.393 e. The maximum Gasteiger partial charge on any atom is 0.237 e. The van der Waals surface area contributed by atoms with Gasteiger partial charge in [-0.1, -0.05) is 0 Å². The molecule has 2 aliphatic rings. The quantitative estimate of drug-likeness (QED) is 0.770. The first-order valence-electron chi connectivity index (χ1n) is 6.75. The average Bonchev–Trinajstić information content (AvgIpc) is 2.49. The molecule has 3 unspecified atom stereocenters. The molecule has 0 spiro atoms. The largest absolute Gasteiger partial charge is 0.393 e. The van der Waals surface area contributed by atoms with Crippen LogP contribution in [0.4, 0.5) is 0 Å². The summed E-state index contributed by atoms with van der Waals surface area (Å²) in [6.07, 6.45) is 3.75. The summed E-state index contributed by atoms with van der Waals surface area (Å²) in [6.45, 7) is 5.96. The van der Waals surface area contributed by atoms with Crippen LogP contribution < -0.4 is 5.32 Å². The standard InChI is InChI=1S/C13H24N2O2/c1-8(2)14-13(17)9(3)15-10-4-5-11(15)7-12(16)6-10/h8-12,16H,4-7H2,1-3H3,(H,14,17). The zero-order valence-corrected chi connectivity index (χ0v) is 11.0. The number of hydrogen-bond donors (Lipinski definition) is 2. The van der Waals surface area contributed by atoms with Gasteiger partial charge in [0.25, 0.3) is 0 Å². The number of carbonyl (C=O) groups excluding carboxylic acids is 1. The Hall–Kier alpha value is -0.610. The van der Waals surface area contributed by atoms with Crippen LogP contribution in [-0.2, 0) is 4.79 Å². The number of carbonyl (C=O) groups is 1. The summed E-state index contributed by atoms with van der Waals surface area (Å²) in [5.74, 6) is 0.119. The van der Waals surface area contributed by atoms with E-state index in [0.29, 0.717) is 12.1 Å². The van der Waals surface area contributed by atoms with Crippen LogP contribution in [0.2, 0.25) is 0 Å². The van der Waals surface area contributed by atoms with Gasteiger partial charge in [-0.3, -0.25) is 9.69 Å². The van der Waals surface area contributed by atoms with Crippen molar-refractivity contribution in [3.63, 3.8) is 0 Å². The van der Waals surface area contributed by atoms with Gasteiger partial charge in [-0.05, 0) is 46.5 Å². The van der Waals surface area contributed by atoms with Crippen molar-refractivity contribution >= 4 is 5.91 Å². The lowest BCUT2D eigenvalue weighted by Crippen LogP contribution is -2.55. The van der Waals surface area contributed by atoms with E-state index in [4.69, 9.17) is 0 Å². The van der Waals surface area contributed by atoms with Crippen LogP contribution in [0.1, 0.15) is 46.5 Å². The SMILES string of the molecule is CC(C)NC(=O)C(C)N1C2CCC1CC(O)C2. The highest BCUT2D eigenvalue weighted by molar-refractivity contribution is 5.81. The molecule has 2 saturated heterocycles. The summed E-state index contributed by atoms with van der Waals surface area (Å²) in [4.78, 5) is 14.4. The molecule has 4 nitrogen and oxygen atoms in total. The number of fused-ring (bicyclic) bond motifs is 2. The van der Waals surface area contributed by atoms with Crippen molar-refractivity contribution in [2.45, 2.75) is 76.7 Å². The van der Waals surface area contributed by atoms with Crippen molar-refractivity contribution in [3.8, 4) is 0 Å². The molecule has 1 amide bonds. The van der Waals surface area contributed by atoms with Crippen molar-refractivity contribution in [2.24, 2.45) is 0 Å². The minimum atomic E-state index is -0.163.